The van der Waals surface area contributed by atoms with Gasteiger partial charge in [0.25, 0.3) is 0 Å². The predicted octanol–water partition coefficient (Wildman–Crippen LogP) is 3.62. The van der Waals surface area contributed by atoms with Gasteiger partial charge < -0.3 is 15.0 Å². The molecule has 0 bridgehead atoms. The number of carbonyl (C=O) groups is 1. The zero-order chi connectivity index (χ0) is 20.1. The first-order valence-electron chi connectivity index (χ1n) is 9.90. The monoisotopic (exact) mass is 385 g/mol. The van der Waals surface area contributed by atoms with Crippen LogP contribution < -0.4 is 10.1 Å². The number of likely N-dealkylation sites (tertiary alicyclic amines) is 1. The smallest absolute Gasteiger partial charge is 0.341 e. The molecule has 2 amide bonds. The number of hydrogen-bond acceptors (Lipinski definition) is 4. The quantitative estimate of drug-likeness (QED) is 0.772. The zero-order valence-corrected chi connectivity index (χ0v) is 17.3. The lowest BCUT2D eigenvalue weighted by Gasteiger charge is -2.35. The van der Waals surface area contributed by atoms with E-state index in [2.05, 4.69) is 42.4 Å². The second-order valence-electron chi connectivity index (χ2n) is 7.53. The van der Waals surface area contributed by atoms with Gasteiger partial charge in [0.1, 0.15) is 5.75 Å². The molecule has 6 heteroatoms. The molecule has 1 atom stereocenters. The molecule has 1 fully saturated rings. The Kier molecular flexibility index (Phi) is 6.75. The summed E-state index contributed by atoms with van der Waals surface area (Å²) in [4.78, 5) is 20.4. The van der Waals surface area contributed by atoms with Crippen molar-refractivity contribution in [3.05, 3.63) is 42.0 Å². The van der Waals surface area contributed by atoms with Crippen molar-refractivity contribution in [1.29, 1.82) is 0 Å². The second kappa shape index (κ2) is 9.26. The number of nitrogens with zero attached hydrogens (tertiary/aromatic N) is 2. The van der Waals surface area contributed by atoms with E-state index in [1.807, 2.05) is 18.2 Å². The SMILES string of the molecule is COc1ccc(C(C)CNC(=O)N(OC)C2CCN(C)CC2)c2ccccc12. The van der Waals surface area contributed by atoms with Crippen LogP contribution in [0.15, 0.2) is 36.4 Å². The summed E-state index contributed by atoms with van der Waals surface area (Å²) in [5.74, 6) is 1.03. The van der Waals surface area contributed by atoms with E-state index in [1.54, 1.807) is 14.2 Å². The first-order chi connectivity index (χ1) is 13.5. The minimum Gasteiger partial charge on any atom is -0.496 e. The van der Waals surface area contributed by atoms with Crippen molar-refractivity contribution >= 4 is 16.8 Å². The Morgan fingerprint density at radius 2 is 1.86 bits per heavy atom. The Morgan fingerprint density at radius 1 is 1.18 bits per heavy atom. The molecular formula is C22H31N3O3. The molecule has 3 rings (SSSR count). The van der Waals surface area contributed by atoms with E-state index in [1.165, 1.54) is 10.6 Å². The minimum atomic E-state index is -0.165. The van der Waals surface area contributed by atoms with Crippen molar-refractivity contribution in [2.24, 2.45) is 0 Å². The molecule has 152 valence electrons. The molecule has 1 unspecified atom stereocenters. The van der Waals surface area contributed by atoms with Gasteiger partial charge in [0.2, 0.25) is 0 Å². The van der Waals surface area contributed by atoms with Crippen LogP contribution in [0.4, 0.5) is 4.79 Å². The first-order valence-corrected chi connectivity index (χ1v) is 9.90. The lowest BCUT2D eigenvalue weighted by molar-refractivity contribution is -0.126. The fourth-order valence-electron chi connectivity index (χ4n) is 3.96. The van der Waals surface area contributed by atoms with Crippen molar-refractivity contribution in [2.75, 3.05) is 40.9 Å². The van der Waals surface area contributed by atoms with E-state index >= 15 is 0 Å². The van der Waals surface area contributed by atoms with Gasteiger partial charge in [-0.2, -0.15) is 0 Å². The molecule has 2 aromatic rings. The lowest BCUT2D eigenvalue weighted by atomic mass is 9.94. The summed E-state index contributed by atoms with van der Waals surface area (Å²) in [5, 5.41) is 6.80. The van der Waals surface area contributed by atoms with Crippen molar-refractivity contribution in [2.45, 2.75) is 31.7 Å². The Labute approximate surface area is 167 Å². The number of amides is 2. The molecule has 6 nitrogen and oxygen atoms in total. The maximum Gasteiger partial charge on any atom is 0.341 e. The predicted molar refractivity (Wildman–Crippen MR) is 112 cm³/mol. The van der Waals surface area contributed by atoms with Crippen LogP contribution in [0.25, 0.3) is 10.8 Å². The number of ether oxygens (including phenoxy) is 1. The molecule has 1 N–H and O–H groups in total. The van der Waals surface area contributed by atoms with Crippen LogP contribution >= 0.6 is 0 Å². The van der Waals surface area contributed by atoms with Gasteiger partial charge in [-0.25, -0.2) is 9.86 Å². The molecule has 0 aliphatic carbocycles. The summed E-state index contributed by atoms with van der Waals surface area (Å²) in [5.41, 5.74) is 1.19. The number of benzene rings is 2. The normalized spacial score (nSPS) is 16.7. The van der Waals surface area contributed by atoms with Gasteiger partial charge in [-0.15, -0.1) is 0 Å². The van der Waals surface area contributed by atoms with Gasteiger partial charge in [-0.3, -0.25) is 4.84 Å². The van der Waals surface area contributed by atoms with E-state index in [0.29, 0.717) is 6.54 Å². The topological polar surface area (TPSA) is 54.0 Å². The number of rotatable bonds is 6. The molecule has 1 saturated heterocycles. The van der Waals surface area contributed by atoms with Gasteiger partial charge in [0.05, 0.1) is 20.3 Å². The summed E-state index contributed by atoms with van der Waals surface area (Å²) in [6.07, 6.45) is 1.85. The number of methoxy groups -OCH3 is 1. The van der Waals surface area contributed by atoms with Crippen LogP contribution in [0.5, 0.6) is 5.75 Å². The third kappa shape index (κ3) is 4.39. The molecule has 0 aromatic heterocycles. The number of carbonyl (C=O) groups excluding carboxylic acids is 1. The van der Waals surface area contributed by atoms with Crippen LogP contribution in [0.2, 0.25) is 0 Å². The Balaban J connectivity index is 1.67. The molecule has 1 heterocycles. The van der Waals surface area contributed by atoms with Crippen molar-refractivity contribution in [3.63, 3.8) is 0 Å². The number of hydrogen-bond donors (Lipinski definition) is 1. The minimum absolute atomic E-state index is 0.123. The van der Waals surface area contributed by atoms with Crippen LogP contribution in [-0.2, 0) is 4.84 Å². The van der Waals surface area contributed by atoms with Crippen molar-refractivity contribution in [1.82, 2.24) is 15.3 Å². The average Bonchev–Trinajstić information content (AvgIpc) is 2.73. The highest BCUT2D eigenvalue weighted by Gasteiger charge is 2.27. The van der Waals surface area contributed by atoms with Gasteiger partial charge in [-0.1, -0.05) is 37.3 Å². The summed E-state index contributed by atoms with van der Waals surface area (Å²) in [7, 11) is 5.36. The molecule has 1 aliphatic heterocycles. The van der Waals surface area contributed by atoms with Gasteiger partial charge in [0.15, 0.2) is 0 Å². The van der Waals surface area contributed by atoms with E-state index in [0.717, 1.165) is 42.5 Å². The zero-order valence-electron chi connectivity index (χ0n) is 17.3. The number of urea groups is 1. The summed E-state index contributed by atoms with van der Waals surface area (Å²) in [6, 6.07) is 12.3. The van der Waals surface area contributed by atoms with Crippen LogP contribution in [0.3, 0.4) is 0 Å². The second-order valence-corrected chi connectivity index (χ2v) is 7.53. The highest BCUT2D eigenvalue weighted by molar-refractivity contribution is 5.91. The number of fused-ring (bicyclic) bond motifs is 1. The maximum atomic E-state index is 12.7. The average molecular weight is 386 g/mol. The molecule has 0 radical (unpaired) electrons. The molecule has 0 spiro atoms. The van der Waals surface area contributed by atoms with Crippen molar-refractivity contribution in [3.8, 4) is 5.75 Å². The number of hydroxylamine groups is 2. The van der Waals surface area contributed by atoms with E-state index in [4.69, 9.17) is 9.57 Å². The Morgan fingerprint density at radius 3 is 2.50 bits per heavy atom. The van der Waals surface area contributed by atoms with E-state index in [9.17, 15) is 4.79 Å². The van der Waals surface area contributed by atoms with Gasteiger partial charge >= 0.3 is 6.03 Å². The lowest BCUT2D eigenvalue weighted by Crippen LogP contribution is -2.50. The molecule has 2 aromatic carbocycles. The molecule has 0 saturated carbocycles. The molecule has 28 heavy (non-hydrogen) atoms. The summed E-state index contributed by atoms with van der Waals surface area (Å²) in [6.45, 7) is 4.63. The molecule has 1 aliphatic rings. The standard InChI is InChI=1S/C22H31N3O3/c1-16(18-9-10-21(27-3)20-8-6-5-7-19(18)20)15-23-22(26)25(28-4)17-11-13-24(2)14-12-17/h5-10,16-17H,11-15H2,1-4H3,(H,23,26). The third-order valence-electron chi connectivity index (χ3n) is 5.64. The summed E-state index contributed by atoms with van der Waals surface area (Å²) >= 11 is 0. The molecular weight excluding hydrogens is 354 g/mol. The van der Waals surface area contributed by atoms with Crippen molar-refractivity contribution < 1.29 is 14.4 Å². The van der Waals surface area contributed by atoms with Crippen LogP contribution in [0, 0.1) is 0 Å². The number of piperidine rings is 1. The van der Waals surface area contributed by atoms with Gasteiger partial charge in [-0.05, 0) is 55.9 Å². The fraction of sp³-hybridized carbons (Fsp3) is 0.500. The van der Waals surface area contributed by atoms with E-state index < -0.39 is 0 Å². The van der Waals surface area contributed by atoms with Crippen LogP contribution in [0.1, 0.15) is 31.2 Å². The summed E-state index contributed by atoms with van der Waals surface area (Å²) < 4.78 is 5.48. The highest BCUT2D eigenvalue weighted by Crippen LogP contribution is 2.32. The van der Waals surface area contributed by atoms with E-state index in [-0.39, 0.29) is 18.0 Å². The fourth-order valence-corrected chi connectivity index (χ4v) is 3.96. The Bertz CT molecular complexity index is 803. The Hall–Kier alpha value is -2.31. The third-order valence-corrected chi connectivity index (χ3v) is 5.64. The first kappa shape index (κ1) is 20.4. The maximum absolute atomic E-state index is 12.7. The highest BCUT2D eigenvalue weighted by atomic mass is 16.7. The van der Waals surface area contributed by atoms with Crippen LogP contribution in [-0.4, -0.2) is 62.9 Å². The number of nitrogens with one attached hydrogen (secondary N) is 1. The van der Waals surface area contributed by atoms with Gasteiger partial charge in [0, 0.05) is 11.9 Å². The largest absolute Gasteiger partial charge is 0.496 e.